The molecule has 1 fully saturated rings. The van der Waals surface area contributed by atoms with E-state index >= 15 is 0 Å². The highest BCUT2D eigenvalue weighted by atomic mass is 35.5. The molecular formula is C16H14Cl3NO3S. The van der Waals surface area contributed by atoms with Crippen LogP contribution >= 0.6 is 34.8 Å². The molecule has 128 valence electrons. The minimum absolute atomic E-state index is 0.196. The Bertz CT molecular complexity index is 820. The third-order valence-electron chi connectivity index (χ3n) is 3.74. The van der Waals surface area contributed by atoms with Crippen molar-refractivity contribution in [2.24, 2.45) is 0 Å². The predicted molar refractivity (Wildman–Crippen MR) is 95.4 cm³/mol. The van der Waals surface area contributed by atoms with Gasteiger partial charge in [-0.15, -0.1) is 0 Å². The Morgan fingerprint density at radius 1 is 0.958 bits per heavy atom. The van der Waals surface area contributed by atoms with Crippen molar-refractivity contribution in [2.75, 3.05) is 19.7 Å². The summed E-state index contributed by atoms with van der Waals surface area (Å²) in [5.41, 5.74) is 0.753. The molecule has 0 bridgehead atoms. The monoisotopic (exact) mass is 405 g/mol. The lowest BCUT2D eigenvalue weighted by Gasteiger charge is -2.32. The lowest BCUT2D eigenvalue weighted by molar-refractivity contribution is -0.00254. The van der Waals surface area contributed by atoms with Crippen LogP contribution in [0.4, 0.5) is 0 Å². The number of sulfonamides is 1. The van der Waals surface area contributed by atoms with E-state index in [1.54, 1.807) is 30.3 Å². The molecule has 1 aliphatic rings. The van der Waals surface area contributed by atoms with Crippen LogP contribution < -0.4 is 0 Å². The Kier molecular flexibility index (Phi) is 5.39. The smallest absolute Gasteiger partial charge is 0.243 e. The summed E-state index contributed by atoms with van der Waals surface area (Å²) in [5, 5.41) is 1.46. The predicted octanol–water partition coefficient (Wildman–Crippen LogP) is 4.41. The summed E-state index contributed by atoms with van der Waals surface area (Å²) in [7, 11) is -3.61. The Labute approximate surface area is 155 Å². The van der Waals surface area contributed by atoms with Gasteiger partial charge in [0.15, 0.2) is 0 Å². The second kappa shape index (κ2) is 7.20. The van der Waals surface area contributed by atoms with Gasteiger partial charge in [-0.2, -0.15) is 4.31 Å². The summed E-state index contributed by atoms with van der Waals surface area (Å²) >= 11 is 17.9. The van der Waals surface area contributed by atoms with Crippen molar-refractivity contribution in [2.45, 2.75) is 11.0 Å². The maximum Gasteiger partial charge on any atom is 0.243 e. The number of hydrogen-bond acceptors (Lipinski definition) is 3. The highest BCUT2D eigenvalue weighted by molar-refractivity contribution is 7.89. The van der Waals surface area contributed by atoms with Gasteiger partial charge in [-0.25, -0.2) is 8.42 Å². The summed E-state index contributed by atoms with van der Waals surface area (Å²) in [6, 6.07) is 11.2. The molecule has 0 N–H and O–H groups in total. The van der Waals surface area contributed by atoms with Gasteiger partial charge in [0, 0.05) is 28.2 Å². The third-order valence-corrected chi connectivity index (χ3v) is 6.31. The van der Waals surface area contributed by atoms with E-state index in [2.05, 4.69) is 0 Å². The summed E-state index contributed by atoms with van der Waals surface area (Å²) in [5.74, 6) is 0. The Morgan fingerprint density at radius 3 is 2.21 bits per heavy atom. The van der Waals surface area contributed by atoms with E-state index in [1.165, 1.54) is 16.4 Å². The number of rotatable bonds is 3. The topological polar surface area (TPSA) is 46.6 Å². The van der Waals surface area contributed by atoms with Crippen LogP contribution in [0, 0.1) is 0 Å². The molecule has 0 aromatic heterocycles. The van der Waals surface area contributed by atoms with Crippen LogP contribution in [-0.2, 0) is 14.8 Å². The van der Waals surface area contributed by atoms with E-state index in [0.717, 1.165) is 5.56 Å². The minimum Gasteiger partial charge on any atom is -0.371 e. The zero-order valence-electron chi connectivity index (χ0n) is 12.5. The molecule has 1 saturated heterocycles. The van der Waals surface area contributed by atoms with Gasteiger partial charge >= 0.3 is 0 Å². The van der Waals surface area contributed by atoms with Crippen LogP contribution in [0.3, 0.4) is 0 Å². The molecule has 1 heterocycles. The standard InChI is InChI=1S/C16H14Cl3NO3S/c17-12-1-3-15(4-2-12)24(21,22)20-5-6-23-16(10-20)11-7-13(18)9-14(19)8-11/h1-4,7-9,16H,5-6,10H2. The molecule has 1 atom stereocenters. The fourth-order valence-corrected chi connectivity index (χ4v) is 4.66. The molecule has 24 heavy (non-hydrogen) atoms. The van der Waals surface area contributed by atoms with Gasteiger partial charge in [0.25, 0.3) is 0 Å². The SMILES string of the molecule is O=S(=O)(c1ccc(Cl)cc1)N1CCOC(c2cc(Cl)cc(Cl)c2)C1. The van der Waals surface area contributed by atoms with E-state index in [9.17, 15) is 8.42 Å². The van der Waals surface area contributed by atoms with Gasteiger partial charge in [-0.3, -0.25) is 0 Å². The van der Waals surface area contributed by atoms with E-state index in [0.29, 0.717) is 21.7 Å². The number of halogens is 3. The minimum atomic E-state index is -3.61. The number of morpholine rings is 1. The molecule has 8 heteroatoms. The largest absolute Gasteiger partial charge is 0.371 e. The van der Waals surface area contributed by atoms with Crippen LogP contribution in [0.5, 0.6) is 0 Å². The van der Waals surface area contributed by atoms with Crippen molar-refractivity contribution in [1.29, 1.82) is 0 Å². The van der Waals surface area contributed by atoms with Crippen molar-refractivity contribution in [3.63, 3.8) is 0 Å². The van der Waals surface area contributed by atoms with Gasteiger partial charge in [0.1, 0.15) is 0 Å². The molecule has 0 aliphatic carbocycles. The molecule has 1 aliphatic heterocycles. The zero-order chi connectivity index (χ0) is 17.3. The van der Waals surface area contributed by atoms with Gasteiger partial charge < -0.3 is 4.74 Å². The number of nitrogens with zero attached hydrogens (tertiary/aromatic N) is 1. The normalized spacial score (nSPS) is 19.4. The molecule has 2 aromatic rings. The molecule has 4 nitrogen and oxygen atoms in total. The van der Waals surface area contributed by atoms with E-state index < -0.39 is 16.1 Å². The second-order valence-electron chi connectivity index (χ2n) is 5.38. The lowest BCUT2D eigenvalue weighted by atomic mass is 10.1. The quantitative estimate of drug-likeness (QED) is 0.758. The van der Waals surface area contributed by atoms with Crippen molar-refractivity contribution in [1.82, 2.24) is 4.31 Å². The van der Waals surface area contributed by atoms with E-state index in [-0.39, 0.29) is 18.0 Å². The molecule has 0 amide bonds. The summed E-state index contributed by atoms with van der Waals surface area (Å²) in [6.45, 7) is 0.777. The van der Waals surface area contributed by atoms with E-state index in [4.69, 9.17) is 39.5 Å². The first-order chi connectivity index (χ1) is 11.4. The number of hydrogen-bond donors (Lipinski definition) is 0. The molecular weight excluding hydrogens is 393 g/mol. The highest BCUT2D eigenvalue weighted by Gasteiger charge is 2.31. The maximum absolute atomic E-state index is 12.8. The van der Waals surface area contributed by atoms with Crippen molar-refractivity contribution >= 4 is 44.8 Å². The zero-order valence-corrected chi connectivity index (χ0v) is 15.5. The van der Waals surface area contributed by atoms with Gasteiger partial charge in [-0.05, 0) is 48.0 Å². The first-order valence-corrected chi connectivity index (χ1v) is 9.77. The number of ether oxygens (including phenoxy) is 1. The molecule has 0 saturated carbocycles. The van der Waals surface area contributed by atoms with Crippen LogP contribution in [0.1, 0.15) is 11.7 Å². The average molecular weight is 407 g/mol. The van der Waals surface area contributed by atoms with Gasteiger partial charge in [-0.1, -0.05) is 34.8 Å². The van der Waals surface area contributed by atoms with Crippen LogP contribution in [0.2, 0.25) is 15.1 Å². The van der Waals surface area contributed by atoms with Crippen molar-refractivity contribution < 1.29 is 13.2 Å². The van der Waals surface area contributed by atoms with Crippen molar-refractivity contribution in [3.05, 3.63) is 63.1 Å². The molecule has 0 spiro atoms. The first kappa shape index (κ1) is 18.0. The first-order valence-electron chi connectivity index (χ1n) is 7.19. The highest BCUT2D eigenvalue weighted by Crippen LogP contribution is 2.30. The second-order valence-corrected chi connectivity index (χ2v) is 8.63. The number of benzene rings is 2. The lowest BCUT2D eigenvalue weighted by Crippen LogP contribution is -2.42. The van der Waals surface area contributed by atoms with Gasteiger partial charge in [0.2, 0.25) is 10.0 Å². The Hall–Kier alpha value is -0.820. The fourth-order valence-electron chi connectivity index (χ4n) is 2.56. The summed E-state index contributed by atoms with van der Waals surface area (Å²) < 4.78 is 32.7. The average Bonchev–Trinajstić information content (AvgIpc) is 2.54. The Balaban J connectivity index is 1.86. The molecule has 3 rings (SSSR count). The third kappa shape index (κ3) is 3.87. The molecule has 2 aromatic carbocycles. The van der Waals surface area contributed by atoms with Crippen LogP contribution in [0.25, 0.3) is 0 Å². The van der Waals surface area contributed by atoms with Gasteiger partial charge in [0.05, 0.1) is 17.6 Å². The summed E-state index contributed by atoms with van der Waals surface area (Å²) in [6.07, 6.45) is -0.419. The van der Waals surface area contributed by atoms with Crippen LogP contribution in [0.15, 0.2) is 47.4 Å². The maximum atomic E-state index is 12.8. The fraction of sp³-hybridized carbons (Fsp3) is 0.250. The summed E-state index contributed by atoms with van der Waals surface area (Å²) in [4.78, 5) is 0.205. The van der Waals surface area contributed by atoms with Crippen LogP contribution in [-0.4, -0.2) is 32.4 Å². The molecule has 0 radical (unpaired) electrons. The molecule has 1 unspecified atom stereocenters. The van der Waals surface area contributed by atoms with E-state index in [1.807, 2.05) is 0 Å². The van der Waals surface area contributed by atoms with Crippen molar-refractivity contribution in [3.8, 4) is 0 Å². The Morgan fingerprint density at radius 2 is 1.58 bits per heavy atom.